The minimum Gasteiger partial charge on any atom is -0.398 e. The van der Waals surface area contributed by atoms with Crippen molar-refractivity contribution in [2.45, 2.75) is 24.8 Å². The highest BCUT2D eigenvalue weighted by atomic mass is 35.5. The molecule has 0 spiro atoms. The third-order valence-electron chi connectivity index (χ3n) is 2.81. The molecular formula is C13H15ClN2O2S2. The third-order valence-corrected chi connectivity index (χ3v) is 5.84. The fourth-order valence-corrected chi connectivity index (χ4v) is 4.30. The van der Waals surface area contributed by atoms with Crippen LogP contribution in [0.3, 0.4) is 0 Å². The first-order chi connectivity index (χ1) is 9.29. The number of rotatable bonds is 4. The molecule has 0 aliphatic heterocycles. The normalized spacial score (nSPS) is 13.3. The number of halogens is 1. The second-order valence-electron chi connectivity index (χ2n) is 4.53. The van der Waals surface area contributed by atoms with Gasteiger partial charge in [0.15, 0.2) is 0 Å². The summed E-state index contributed by atoms with van der Waals surface area (Å²) in [4.78, 5) is 0.946. The van der Waals surface area contributed by atoms with Crippen molar-refractivity contribution in [1.29, 1.82) is 0 Å². The van der Waals surface area contributed by atoms with Crippen LogP contribution in [0.25, 0.3) is 0 Å². The standard InChI is InChI=1S/C13H15ClN2O2S2/c1-8-3-5-12(10(15)7-8)20(17,18)16-9(2)11-4-6-13(14)19-11/h3-7,9,16H,15H2,1-2H3. The van der Waals surface area contributed by atoms with Crippen LogP contribution in [0, 0.1) is 6.92 Å². The first-order valence-electron chi connectivity index (χ1n) is 5.93. The van der Waals surface area contributed by atoms with Crippen molar-refractivity contribution in [3.05, 3.63) is 45.1 Å². The Hall–Kier alpha value is -1.08. The fraction of sp³-hybridized carbons (Fsp3) is 0.231. The average molecular weight is 331 g/mol. The minimum atomic E-state index is -3.66. The molecule has 3 N–H and O–H groups in total. The van der Waals surface area contributed by atoms with Crippen LogP contribution >= 0.6 is 22.9 Å². The zero-order chi connectivity index (χ0) is 14.9. The van der Waals surface area contributed by atoms with Gasteiger partial charge in [-0.15, -0.1) is 11.3 Å². The van der Waals surface area contributed by atoms with Crippen LogP contribution in [0.4, 0.5) is 5.69 Å². The van der Waals surface area contributed by atoms with Crippen molar-refractivity contribution in [3.8, 4) is 0 Å². The topological polar surface area (TPSA) is 72.2 Å². The highest BCUT2D eigenvalue weighted by Gasteiger charge is 2.21. The molecule has 0 saturated carbocycles. The van der Waals surface area contributed by atoms with Gasteiger partial charge in [-0.2, -0.15) is 0 Å². The molecule has 0 amide bonds. The smallest absolute Gasteiger partial charge is 0.243 e. The second-order valence-corrected chi connectivity index (χ2v) is 7.96. The molecule has 0 aliphatic rings. The number of aryl methyl sites for hydroxylation is 1. The molecule has 2 rings (SSSR count). The van der Waals surface area contributed by atoms with Crippen LogP contribution in [0.2, 0.25) is 4.34 Å². The van der Waals surface area contributed by atoms with Crippen LogP contribution in [0.15, 0.2) is 35.2 Å². The van der Waals surface area contributed by atoms with Gasteiger partial charge in [-0.3, -0.25) is 0 Å². The van der Waals surface area contributed by atoms with E-state index in [1.165, 1.54) is 17.4 Å². The van der Waals surface area contributed by atoms with Gasteiger partial charge in [0.1, 0.15) is 4.90 Å². The van der Waals surface area contributed by atoms with E-state index in [0.717, 1.165) is 10.4 Å². The Morgan fingerprint density at radius 2 is 2.00 bits per heavy atom. The molecule has 0 saturated heterocycles. The van der Waals surface area contributed by atoms with Gasteiger partial charge in [0.2, 0.25) is 10.0 Å². The predicted molar refractivity (Wildman–Crippen MR) is 83.7 cm³/mol. The lowest BCUT2D eigenvalue weighted by molar-refractivity contribution is 0.569. The molecule has 0 aliphatic carbocycles. The molecule has 0 fully saturated rings. The van der Waals surface area contributed by atoms with Crippen LogP contribution < -0.4 is 10.5 Å². The Labute approximate surface area is 127 Å². The van der Waals surface area contributed by atoms with Crippen molar-refractivity contribution in [3.63, 3.8) is 0 Å². The molecule has 1 heterocycles. The maximum atomic E-state index is 12.3. The summed E-state index contributed by atoms with van der Waals surface area (Å²) in [5, 5.41) is 0. The van der Waals surface area contributed by atoms with E-state index >= 15 is 0 Å². The Kier molecular flexibility index (Phi) is 4.39. The lowest BCUT2D eigenvalue weighted by atomic mass is 10.2. The molecule has 20 heavy (non-hydrogen) atoms. The number of hydrogen-bond donors (Lipinski definition) is 2. The van der Waals surface area contributed by atoms with Crippen LogP contribution in [0.1, 0.15) is 23.4 Å². The lowest BCUT2D eigenvalue weighted by Gasteiger charge is -2.14. The Morgan fingerprint density at radius 3 is 2.55 bits per heavy atom. The number of thiophene rings is 1. The number of nitrogens with two attached hydrogens (primary N) is 1. The van der Waals surface area contributed by atoms with Crippen molar-refractivity contribution >= 4 is 38.6 Å². The number of benzene rings is 1. The Balaban J connectivity index is 2.27. The molecule has 0 bridgehead atoms. The van der Waals surface area contributed by atoms with E-state index in [0.29, 0.717) is 4.34 Å². The van der Waals surface area contributed by atoms with Crippen molar-refractivity contribution < 1.29 is 8.42 Å². The maximum Gasteiger partial charge on any atom is 0.243 e. The van der Waals surface area contributed by atoms with E-state index in [1.54, 1.807) is 31.2 Å². The maximum absolute atomic E-state index is 12.3. The Morgan fingerprint density at radius 1 is 1.30 bits per heavy atom. The van der Waals surface area contributed by atoms with Gasteiger partial charge in [-0.05, 0) is 43.7 Å². The average Bonchev–Trinajstić information content (AvgIpc) is 2.74. The van der Waals surface area contributed by atoms with E-state index < -0.39 is 10.0 Å². The van der Waals surface area contributed by atoms with E-state index in [-0.39, 0.29) is 16.6 Å². The SMILES string of the molecule is Cc1ccc(S(=O)(=O)NC(C)c2ccc(Cl)s2)c(N)c1. The van der Waals surface area contributed by atoms with E-state index in [9.17, 15) is 8.42 Å². The number of sulfonamides is 1. The largest absolute Gasteiger partial charge is 0.398 e. The summed E-state index contributed by atoms with van der Waals surface area (Å²) in [6.07, 6.45) is 0. The van der Waals surface area contributed by atoms with Crippen LogP contribution in [-0.4, -0.2) is 8.42 Å². The van der Waals surface area contributed by atoms with E-state index in [2.05, 4.69) is 4.72 Å². The highest BCUT2D eigenvalue weighted by molar-refractivity contribution is 7.89. The van der Waals surface area contributed by atoms with Crippen LogP contribution in [0.5, 0.6) is 0 Å². The van der Waals surface area contributed by atoms with Gasteiger partial charge >= 0.3 is 0 Å². The zero-order valence-corrected chi connectivity index (χ0v) is 13.4. The van der Waals surface area contributed by atoms with Crippen molar-refractivity contribution in [1.82, 2.24) is 4.72 Å². The monoisotopic (exact) mass is 330 g/mol. The third kappa shape index (κ3) is 3.32. The summed E-state index contributed by atoms with van der Waals surface area (Å²) in [7, 11) is -3.66. The molecule has 1 aromatic heterocycles. The van der Waals surface area contributed by atoms with E-state index in [4.69, 9.17) is 17.3 Å². The van der Waals surface area contributed by atoms with Gasteiger partial charge < -0.3 is 5.73 Å². The van der Waals surface area contributed by atoms with Gasteiger partial charge in [0, 0.05) is 4.88 Å². The first kappa shape index (κ1) is 15.3. The van der Waals surface area contributed by atoms with Crippen molar-refractivity contribution in [2.24, 2.45) is 0 Å². The minimum absolute atomic E-state index is 0.0950. The summed E-state index contributed by atoms with van der Waals surface area (Å²) >= 11 is 7.20. The summed E-state index contributed by atoms with van der Waals surface area (Å²) in [6, 6.07) is 8.06. The van der Waals surface area contributed by atoms with Gasteiger partial charge in [0.05, 0.1) is 16.1 Å². The predicted octanol–water partition coefficient (Wildman–Crippen LogP) is 3.33. The van der Waals surface area contributed by atoms with Gasteiger partial charge in [-0.1, -0.05) is 17.7 Å². The number of hydrogen-bond acceptors (Lipinski definition) is 4. The lowest BCUT2D eigenvalue weighted by Crippen LogP contribution is -2.27. The van der Waals surface area contributed by atoms with Gasteiger partial charge in [-0.25, -0.2) is 13.1 Å². The first-order valence-corrected chi connectivity index (χ1v) is 8.61. The number of nitrogens with one attached hydrogen (secondary N) is 1. The molecule has 1 unspecified atom stereocenters. The summed E-state index contributed by atoms with van der Waals surface area (Å²) in [5.74, 6) is 0. The summed E-state index contributed by atoms with van der Waals surface area (Å²) < 4.78 is 27.9. The van der Waals surface area contributed by atoms with E-state index in [1.807, 2.05) is 6.92 Å². The molecule has 1 atom stereocenters. The summed E-state index contributed by atoms with van der Waals surface area (Å²) in [6.45, 7) is 3.63. The molecule has 4 nitrogen and oxygen atoms in total. The molecule has 108 valence electrons. The quantitative estimate of drug-likeness (QED) is 0.844. The number of nitrogen functional groups attached to an aromatic ring is 1. The highest BCUT2D eigenvalue weighted by Crippen LogP contribution is 2.28. The molecule has 0 radical (unpaired) electrons. The molecule has 2 aromatic rings. The second kappa shape index (κ2) is 5.73. The molecular weight excluding hydrogens is 316 g/mol. The molecule has 7 heteroatoms. The summed E-state index contributed by atoms with van der Waals surface area (Å²) in [5.41, 5.74) is 6.95. The van der Waals surface area contributed by atoms with Crippen molar-refractivity contribution in [2.75, 3.05) is 5.73 Å². The van der Waals surface area contributed by atoms with Crippen LogP contribution in [-0.2, 0) is 10.0 Å². The molecule has 1 aromatic carbocycles. The fourth-order valence-electron chi connectivity index (χ4n) is 1.83. The zero-order valence-electron chi connectivity index (χ0n) is 11.1. The van der Waals surface area contributed by atoms with Gasteiger partial charge in [0.25, 0.3) is 0 Å². The number of anilines is 1. The Bertz CT molecular complexity index is 726.